The van der Waals surface area contributed by atoms with Gasteiger partial charge < -0.3 is 15.4 Å². The Morgan fingerprint density at radius 1 is 1.07 bits per heavy atom. The van der Waals surface area contributed by atoms with Crippen molar-refractivity contribution in [2.24, 2.45) is 0 Å². The fourth-order valence-corrected chi connectivity index (χ4v) is 2.90. The zero-order valence-electron chi connectivity index (χ0n) is 16.3. The summed E-state index contributed by atoms with van der Waals surface area (Å²) in [4.78, 5) is 21.3. The maximum Gasteiger partial charge on any atom is 0.274 e. The molecule has 0 bridgehead atoms. The van der Waals surface area contributed by atoms with Crippen LogP contribution in [0.1, 0.15) is 35.5 Å². The van der Waals surface area contributed by atoms with Crippen LogP contribution in [-0.2, 0) is 6.42 Å². The molecule has 0 aliphatic heterocycles. The Morgan fingerprint density at radius 2 is 1.89 bits per heavy atom. The van der Waals surface area contributed by atoms with Crippen LogP contribution >= 0.6 is 0 Å². The maximum absolute atomic E-state index is 12.7. The van der Waals surface area contributed by atoms with Gasteiger partial charge in [-0.25, -0.2) is 9.97 Å². The summed E-state index contributed by atoms with van der Waals surface area (Å²) in [5.41, 5.74) is 4.13. The number of anilines is 3. The van der Waals surface area contributed by atoms with Gasteiger partial charge in [0.2, 0.25) is 5.95 Å². The Morgan fingerprint density at radius 3 is 2.68 bits per heavy atom. The minimum Gasteiger partial charge on any atom is -0.492 e. The van der Waals surface area contributed by atoms with Gasteiger partial charge in [-0.3, -0.25) is 4.79 Å². The van der Waals surface area contributed by atoms with Gasteiger partial charge in [-0.05, 0) is 49.6 Å². The number of benzene rings is 2. The molecule has 144 valence electrons. The number of hydrogen-bond acceptors (Lipinski definition) is 5. The average molecular weight is 376 g/mol. The van der Waals surface area contributed by atoms with Crippen LogP contribution in [0, 0.1) is 6.92 Å². The minimum atomic E-state index is -0.321. The van der Waals surface area contributed by atoms with E-state index in [-0.39, 0.29) is 11.6 Å². The first kappa shape index (κ1) is 19.4. The molecule has 0 atom stereocenters. The third-order valence-electron chi connectivity index (χ3n) is 4.30. The smallest absolute Gasteiger partial charge is 0.274 e. The minimum absolute atomic E-state index is 0.274. The number of carbonyl (C=O) groups is 1. The van der Waals surface area contributed by atoms with E-state index in [2.05, 4.69) is 33.6 Å². The van der Waals surface area contributed by atoms with Crippen LogP contribution in [0.5, 0.6) is 5.75 Å². The van der Waals surface area contributed by atoms with Crippen LogP contribution in [0.25, 0.3) is 0 Å². The molecule has 6 heteroatoms. The number of nitrogens with zero attached hydrogens (tertiary/aromatic N) is 2. The highest BCUT2D eigenvalue weighted by atomic mass is 16.5. The number of amides is 1. The fourth-order valence-electron chi connectivity index (χ4n) is 2.90. The van der Waals surface area contributed by atoms with Crippen LogP contribution in [0.2, 0.25) is 0 Å². The monoisotopic (exact) mass is 376 g/mol. The lowest BCUT2D eigenvalue weighted by Crippen LogP contribution is -2.15. The van der Waals surface area contributed by atoms with Crippen molar-refractivity contribution in [3.8, 4) is 5.75 Å². The lowest BCUT2D eigenvalue weighted by Gasteiger charge is -2.14. The molecule has 3 rings (SSSR count). The summed E-state index contributed by atoms with van der Waals surface area (Å²) in [5.74, 6) is 0.686. The Balaban J connectivity index is 1.81. The highest BCUT2D eigenvalue weighted by Crippen LogP contribution is 2.25. The molecular weight excluding hydrogens is 352 g/mol. The van der Waals surface area contributed by atoms with Crippen molar-refractivity contribution in [2.45, 2.75) is 27.2 Å². The number of aryl methyl sites for hydroxylation is 2. The molecule has 0 spiro atoms. The van der Waals surface area contributed by atoms with E-state index in [1.165, 1.54) is 5.56 Å². The lowest BCUT2D eigenvalue weighted by molar-refractivity contribution is 0.102. The quantitative estimate of drug-likeness (QED) is 0.623. The second-order valence-corrected chi connectivity index (χ2v) is 6.24. The summed E-state index contributed by atoms with van der Waals surface area (Å²) in [6.07, 6.45) is 2.46. The summed E-state index contributed by atoms with van der Waals surface area (Å²) in [5, 5.41) is 6.11. The van der Waals surface area contributed by atoms with E-state index in [1.54, 1.807) is 18.3 Å². The summed E-state index contributed by atoms with van der Waals surface area (Å²) in [6.45, 7) is 6.55. The number of aromatic nitrogens is 2. The van der Waals surface area contributed by atoms with E-state index in [0.717, 1.165) is 17.7 Å². The normalized spacial score (nSPS) is 10.4. The first-order chi connectivity index (χ1) is 13.6. The van der Waals surface area contributed by atoms with Crippen LogP contribution in [0.4, 0.5) is 17.3 Å². The summed E-state index contributed by atoms with van der Waals surface area (Å²) < 4.78 is 5.56. The van der Waals surface area contributed by atoms with Crippen LogP contribution in [0.15, 0.2) is 54.7 Å². The Kier molecular flexibility index (Phi) is 6.22. The standard InChI is InChI=1S/C22H24N4O2/c1-4-16-10-8-9-15(3)20(16)26-22-23-14-13-18(25-22)21(27)24-17-11-6-7-12-19(17)28-5-2/h6-14H,4-5H2,1-3H3,(H,24,27)(H,23,25,26). The van der Waals surface area contributed by atoms with Crippen molar-refractivity contribution in [1.82, 2.24) is 9.97 Å². The maximum atomic E-state index is 12.7. The topological polar surface area (TPSA) is 76.1 Å². The number of para-hydroxylation sites is 3. The van der Waals surface area contributed by atoms with Gasteiger partial charge in [0.05, 0.1) is 12.3 Å². The summed E-state index contributed by atoms with van der Waals surface area (Å²) in [7, 11) is 0. The first-order valence-corrected chi connectivity index (χ1v) is 9.34. The second-order valence-electron chi connectivity index (χ2n) is 6.24. The zero-order valence-corrected chi connectivity index (χ0v) is 16.3. The molecule has 1 heterocycles. The molecule has 28 heavy (non-hydrogen) atoms. The van der Waals surface area contributed by atoms with Gasteiger partial charge in [0.15, 0.2) is 0 Å². The molecule has 0 radical (unpaired) electrons. The van der Waals surface area contributed by atoms with Gasteiger partial charge in [-0.15, -0.1) is 0 Å². The third kappa shape index (κ3) is 4.46. The van der Waals surface area contributed by atoms with E-state index in [4.69, 9.17) is 4.74 Å². The van der Waals surface area contributed by atoms with E-state index in [1.807, 2.05) is 44.2 Å². The van der Waals surface area contributed by atoms with Crippen molar-refractivity contribution in [3.05, 3.63) is 71.5 Å². The highest BCUT2D eigenvalue weighted by molar-refractivity contribution is 6.03. The third-order valence-corrected chi connectivity index (χ3v) is 4.30. The molecule has 0 unspecified atom stereocenters. The lowest BCUT2D eigenvalue weighted by atomic mass is 10.1. The Bertz CT molecular complexity index is 972. The molecule has 0 saturated heterocycles. The molecular formula is C22H24N4O2. The first-order valence-electron chi connectivity index (χ1n) is 9.34. The van der Waals surface area contributed by atoms with Crippen LogP contribution in [-0.4, -0.2) is 22.5 Å². The van der Waals surface area contributed by atoms with Gasteiger partial charge in [0.25, 0.3) is 5.91 Å². The van der Waals surface area contributed by atoms with Crippen molar-refractivity contribution in [3.63, 3.8) is 0 Å². The number of carbonyl (C=O) groups excluding carboxylic acids is 1. The molecule has 6 nitrogen and oxygen atoms in total. The molecule has 0 fully saturated rings. The number of ether oxygens (including phenoxy) is 1. The predicted molar refractivity (Wildman–Crippen MR) is 111 cm³/mol. The molecule has 2 N–H and O–H groups in total. The van der Waals surface area contributed by atoms with Gasteiger partial charge in [-0.2, -0.15) is 0 Å². The van der Waals surface area contributed by atoms with Gasteiger partial charge in [0.1, 0.15) is 11.4 Å². The van der Waals surface area contributed by atoms with Crippen LogP contribution in [0.3, 0.4) is 0 Å². The van der Waals surface area contributed by atoms with E-state index in [0.29, 0.717) is 24.0 Å². The van der Waals surface area contributed by atoms with E-state index >= 15 is 0 Å². The van der Waals surface area contributed by atoms with Gasteiger partial charge in [-0.1, -0.05) is 37.3 Å². The molecule has 3 aromatic rings. The summed E-state index contributed by atoms with van der Waals surface area (Å²) >= 11 is 0. The van der Waals surface area contributed by atoms with E-state index < -0.39 is 0 Å². The van der Waals surface area contributed by atoms with Crippen molar-refractivity contribution in [2.75, 3.05) is 17.2 Å². The molecule has 1 aromatic heterocycles. The number of nitrogens with one attached hydrogen (secondary N) is 2. The molecule has 2 aromatic carbocycles. The average Bonchev–Trinajstić information content (AvgIpc) is 2.71. The summed E-state index contributed by atoms with van der Waals surface area (Å²) in [6, 6.07) is 15.0. The zero-order chi connectivity index (χ0) is 19.9. The van der Waals surface area contributed by atoms with Crippen molar-refractivity contribution >= 4 is 23.2 Å². The van der Waals surface area contributed by atoms with Gasteiger partial charge in [0, 0.05) is 11.9 Å². The van der Waals surface area contributed by atoms with Gasteiger partial charge >= 0.3 is 0 Å². The highest BCUT2D eigenvalue weighted by Gasteiger charge is 2.13. The molecule has 0 aliphatic carbocycles. The van der Waals surface area contributed by atoms with E-state index in [9.17, 15) is 4.79 Å². The molecule has 0 aliphatic rings. The Labute approximate surface area is 165 Å². The molecule has 1 amide bonds. The van der Waals surface area contributed by atoms with Crippen molar-refractivity contribution < 1.29 is 9.53 Å². The predicted octanol–water partition coefficient (Wildman–Crippen LogP) is 4.74. The number of hydrogen-bond donors (Lipinski definition) is 2. The molecule has 0 saturated carbocycles. The van der Waals surface area contributed by atoms with Crippen LogP contribution < -0.4 is 15.4 Å². The SMILES string of the molecule is CCOc1ccccc1NC(=O)c1ccnc(Nc2c(C)cccc2CC)n1. The second kappa shape index (κ2) is 8.99. The fraction of sp³-hybridized carbons (Fsp3) is 0.227. The Hall–Kier alpha value is -3.41. The number of rotatable bonds is 7. The largest absolute Gasteiger partial charge is 0.492 e. The van der Waals surface area contributed by atoms with Crippen molar-refractivity contribution in [1.29, 1.82) is 0 Å².